The second kappa shape index (κ2) is 7.21. The Bertz CT molecular complexity index is 1240. The fraction of sp³-hybridized carbons (Fsp3) is 0.435. The highest BCUT2D eigenvalue weighted by atomic mass is 35.5. The molecule has 0 unspecified atom stereocenters. The number of nitrogens with zero attached hydrogens (tertiary/aromatic N) is 6. The van der Waals surface area contributed by atoms with Crippen LogP contribution in [0.15, 0.2) is 36.9 Å². The van der Waals surface area contributed by atoms with Gasteiger partial charge in [-0.2, -0.15) is 5.10 Å². The van der Waals surface area contributed by atoms with Crippen molar-refractivity contribution in [2.24, 2.45) is 7.05 Å². The standard InChI is InChI=1S/C23H26ClN7/c1-29-10-6-25-21(29)15-30-8-4-23(5-9-30)3-2-7-31-20(23)12-19(28-31)16-11-17-18(24)14-27-22(17)26-13-16/h6,10-14H,2-5,7-9,15H2,1H3,(H,26,27). The summed E-state index contributed by atoms with van der Waals surface area (Å²) in [7, 11) is 2.07. The van der Waals surface area contributed by atoms with Crippen LogP contribution in [-0.4, -0.2) is 47.3 Å². The Hall–Kier alpha value is -2.64. The number of nitrogens with one attached hydrogen (secondary N) is 1. The zero-order valence-electron chi connectivity index (χ0n) is 17.7. The molecule has 160 valence electrons. The molecule has 0 atom stereocenters. The van der Waals surface area contributed by atoms with Crippen molar-refractivity contribution in [2.75, 3.05) is 13.1 Å². The summed E-state index contributed by atoms with van der Waals surface area (Å²) in [6, 6.07) is 4.40. The summed E-state index contributed by atoms with van der Waals surface area (Å²) >= 11 is 6.32. The lowest BCUT2D eigenvalue weighted by Crippen LogP contribution is -2.45. The molecule has 7 nitrogen and oxygen atoms in total. The average molecular weight is 436 g/mol. The highest BCUT2D eigenvalue weighted by Gasteiger charge is 2.41. The average Bonchev–Trinajstić information content (AvgIpc) is 3.50. The van der Waals surface area contributed by atoms with Crippen LogP contribution in [0.3, 0.4) is 0 Å². The number of hydrogen-bond acceptors (Lipinski definition) is 4. The topological polar surface area (TPSA) is 67.6 Å². The minimum absolute atomic E-state index is 0.227. The minimum Gasteiger partial charge on any atom is -0.345 e. The van der Waals surface area contributed by atoms with Gasteiger partial charge in [0.15, 0.2) is 0 Å². The van der Waals surface area contributed by atoms with Gasteiger partial charge in [0.05, 0.1) is 17.3 Å². The molecule has 0 bridgehead atoms. The molecule has 1 fully saturated rings. The molecule has 2 aliphatic rings. The first-order chi connectivity index (χ1) is 15.1. The van der Waals surface area contributed by atoms with E-state index in [-0.39, 0.29) is 5.41 Å². The minimum atomic E-state index is 0.227. The Balaban J connectivity index is 1.27. The molecule has 31 heavy (non-hydrogen) atoms. The Morgan fingerprint density at radius 3 is 2.81 bits per heavy atom. The molecule has 6 heterocycles. The number of imidazole rings is 1. The molecular formula is C23H26ClN7. The number of H-pyrrole nitrogens is 1. The molecular weight excluding hydrogens is 410 g/mol. The normalized spacial score (nSPS) is 18.6. The monoisotopic (exact) mass is 435 g/mol. The third kappa shape index (κ3) is 3.18. The van der Waals surface area contributed by atoms with E-state index >= 15 is 0 Å². The van der Waals surface area contributed by atoms with Crippen LogP contribution in [0.25, 0.3) is 22.3 Å². The SMILES string of the molecule is Cn1ccnc1CN1CCC2(CCCn3nc(-c4cnc5[nH]cc(Cl)c5c4)cc32)CC1. The van der Waals surface area contributed by atoms with E-state index in [0.29, 0.717) is 5.02 Å². The summed E-state index contributed by atoms with van der Waals surface area (Å²) in [5.41, 5.74) is 4.46. The highest BCUT2D eigenvalue weighted by molar-refractivity contribution is 6.35. The van der Waals surface area contributed by atoms with Gasteiger partial charge in [0.1, 0.15) is 11.5 Å². The van der Waals surface area contributed by atoms with Crippen LogP contribution < -0.4 is 0 Å². The number of aromatic nitrogens is 6. The van der Waals surface area contributed by atoms with Gasteiger partial charge in [-0.05, 0) is 50.9 Å². The lowest BCUT2D eigenvalue weighted by molar-refractivity contribution is 0.123. The van der Waals surface area contributed by atoms with E-state index in [9.17, 15) is 0 Å². The number of rotatable bonds is 3. The molecule has 2 aliphatic heterocycles. The van der Waals surface area contributed by atoms with Crippen LogP contribution in [0.4, 0.5) is 0 Å². The van der Waals surface area contributed by atoms with Crippen molar-refractivity contribution in [3.63, 3.8) is 0 Å². The van der Waals surface area contributed by atoms with Crippen molar-refractivity contribution < 1.29 is 0 Å². The predicted molar refractivity (Wildman–Crippen MR) is 121 cm³/mol. The maximum absolute atomic E-state index is 6.32. The summed E-state index contributed by atoms with van der Waals surface area (Å²) in [4.78, 5) is 14.7. The number of halogens is 1. The van der Waals surface area contributed by atoms with Gasteiger partial charge >= 0.3 is 0 Å². The quantitative estimate of drug-likeness (QED) is 0.525. The largest absolute Gasteiger partial charge is 0.345 e. The first kappa shape index (κ1) is 19.1. The van der Waals surface area contributed by atoms with Gasteiger partial charge in [-0.15, -0.1) is 0 Å². The van der Waals surface area contributed by atoms with Crippen LogP contribution in [0.1, 0.15) is 37.2 Å². The Morgan fingerprint density at radius 2 is 2.00 bits per heavy atom. The number of aryl methyl sites for hydroxylation is 2. The molecule has 8 heteroatoms. The van der Waals surface area contributed by atoms with E-state index in [1.165, 1.54) is 31.4 Å². The van der Waals surface area contributed by atoms with Gasteiger partial charge in [0, 0.05) is 60.4 Å². The van der Waals surface area contributed by atoms with Gasteiger partial charge < -0.3 is 9.55 Å². The Labute approximate surface area is 186 Å². The van der Waals surface area contributed by atoms with Crippen LogP contribution in [0.5, 0.6) is 0 Å². The molecule has 1 spiro atoms. The molecule has 0 amide bonds. The summed E-state index contributed by atoms with van der Waals surface area (Å²) in [5, 5.41) is 6.62. The fourth-order valence-electron chi connectivity index (χ4n) is 5.36. The van der Waals surface area contributed by atoms with E-state index in [2.05, 4.69) is 48.3 Å². The fourth-order valence-corrected chi connectivity index (χ4v) is 5.55. The van der Waals surface area contributed by atoms with Crippen LogP contribution in [-0.2, 0) is 25.6 Å². The molecule has 4 aromatic rings. The van der Waals surface area contributed by atoms with E-state index in [4.69, 9.17) is 16.7 Å². The second-order valence-electron chi connectivity index (χ2n) is 9.01. The van der Waals surface area contributed by atoms with Gasteiger partial charge in [0.25, 0.3) is 0 Å². The third-order valence-electron chi connectivity index (χ3n) is 7.22. The Morgan fingerprint density at radius 1 is 1.13 bits per heavy atom. The van der Waals surface area contributed by atoms with Gasteiger partial charge in [-0.25, -0.2) is 9.97 Å². The zero-order valence-corrected chi connectivity index (χ0v) is 18.4. The summed E-state index contributed by atoms with van der Waals surface area (Å²) in [5.74, 6) is 1.14. The molecule has 1 N–H and O–H groups in total. The molecule has 0 radical (unpaired) electrons. The molecule has 0 saturated carbocycles. The molecule has 1 saturated heterocycles. The number of likely N-dealkylation sites (tertiary alicyclic amines) is 1. The molecule has 4 aromatic heterocycles. The lowest BCUT2D eigenvalue weighted by atomic mass is 9.70. The second-order valence-corrected chi connectivity index (χ2v) is 9.42. The molecule has 0 aromatic carbocycles. The maximum Gasteiger partial charge on any atom is 0.138 e. The number of fused-ring (bicyclic) bond motifs is 3. The summed E-state index contributed by atoms with van der Waals surface area (Å²) in [6.45, 7) is 4.11. The Kier molecular flexibility index (Phi) is 4.43. The highest BCUT2D eigenvalue weighted by Crippen LogP contribution is 2.44. The third-order valence-corrected chi connectivity index (χ3v) is 7.54. The number of aromatic amines is 1. The molecule has 0 aliphatic carbocycles. The first-order valence-electron chi connectivity index (χ1n) is 11.0. The van der Waals surface area contributed by atoms with Gasteiger partial charge in [-0.3, -0.25) is 9.58 Å². The maximum atomic E-state index is 6.32. The summed E-state index contributed by atoms with van der Waals surface area (Å²) in [6.07, 6.45) is 12.4. The summed E-state index contributed by atoms with van der Waals surface area (Å²) < 4.78 is 4.37. The smallest absolute Gasteiger partial charge is 0.138 e. The van der Waals surface area contributed by atoms with Crippen molar-refractivity contribution in [1.82, 2.24) is 34.2 Å². The van der Waals surface area contributed by atoms with Crippen molar-refractivity contribution in [1.29, 1.82) is 0 Å². The number of piperidine rings is 1. The number of hydrogen-bond donors (Lipinski definition) is 1. The van der Waals surface area contributed by atoms with E-state index in [1.807, 2.05) is 18.6 Å². The first-order valence-corrected chi connectivity index (χ1v) is 11.4. The van der Waals surface area contributed by atoms with Crippen LogP contribution >= 0.6 is 11.6 Å². The van der Waals surface area contributed by atoms with Crippen molar-refractivity contribution >= 4 is 22.6 Å². The van der Waals surface area contributed by atoms with E-state index < -0.39 is 0 Å². The van der Waals surface area contributed by atoms with E-state index in [0.717, 1.165) is 54.3 Å². The van der Waals surface area contributed by atoms with Crippen molar-refractivity contribution in [3.8, 4) is 11.3 Å². The predicted octanol–water partition coefficient (Wildman–Crippen LogP) is 4.14. The lowest BCUT2D eigenvalue weighted by Gasteiger charge is -2.44. The van der Waals surface area contributed by atoms with Crippen LogP contribution in [0, 0.1) is 0 Å². The van der Waals surface area contributed by atoms with Crippen molar-refractivity contribution in [2.45, 2.75) is 44.2 Å². The van der Waals surface area contributed by atoms with Crippen LogP contribution in [0.2, 0.25) is 5.02 Å². The zero-order chi connectivity index (χ0) is 21.0. The van der Waals surface area contributed by atoms with Gasteiger partial charge in [0.2, 0.25) is 0 Å². The number of pyridine rings is 1. The van der Waals surface area contributed by atoms with Gasteiger partial charge in [-0.1, -0.05) is 11.6 Å². The van der Waals surface area contributed by atoms with Crippen molar-refractivity contribution in [3.05, 3.63) is 53.5 Å². The molecule has 6 rings (SSSR count). The van der Waals surface area contributed by atoms with E-state index in [1.54, 1.807) is 6.20 Å².